The van der Waals surface area contributed by atoms with Gasteiger partial charge < -0.3 is 15.4 Å². The average Bonchev–Trinajstić information content (AvgIpc) is 2.74. The zero-order chi connectivity index (χ0) is 23.7. The van der Waals surface area contributed by atoms with Crippen molar-refractivity contribution in [3.05, 3.63) is 57.0 Å². The minimum atomic E-state index is -0.893. The maximum atomic E-state index is 12.3. The van der Waals surface area contributed by atoms with Crippen molar-refractivity contribution in [2.45, 2.75) is 33.2 Å². The minimum Gasteiger partial charge on any atom is -0.483 e. The Kier molecular flexibility index (Phi) is 9.67. The van der Waals surface area contributed by atoms with Crippen molar-refractivity contribution < 1.29 is 19.1 Å². The monoisotopic (exact) mass is 522 g/mol. The van der Waals surface area contributed by atoms with Crippen LogP contribution in [0, 0.1) is 6.92 Å². The predicted octanol–water partition coefficient (Wildman–Crippen LogP) is 3.79. The molecule has 0 aliphatic carbocycles. The number of rotatable bonds is 8. The number of amides is 3. The molecular weight excluding hydrogens is 500 g/mol. The van der Waals surface area contributed by atoms with Gasteiger partial charge >= 0.3 is 11.8 Å². The van der Waals surface area contributed by atoms with Crippen molar-refractivity contribution >= 4 is 57.2 Å². The van der Waals surface area contributed by atoms with E-state index < -0.39 is 11.8 Å². The molecule has 0 aliphatic heterocycles. The van der Waals surface area contributed by atoms with Crippen LogP contribution < -0.4 is 20.8 Å². The Morgan fingerprint density at radius 2 is 1.94 bits per heavy atom. The summed E-state index contributed by atoms with van der Waals surface area (Å²) in [6.07, 6.45) is 1.98. The second-order valence-corrected chi connectivity index (χ2v) is 8.31. The second-order valence-electron chi connectivity index (χ2n) is 6.96. The molecule has 0 saturated carbocycles. The van der Waals surface area contributed by atoms with Gasteiger partial charge in [0.1, 0.15) is 5.75 Å². The highest BCUT2D eigenvalue weighted by Crippen LogP contribution is 2.22. The van der Waals surface area contributed by atoms with Crippen LogP contribution in [0.15, 0.2) is 46.0 Å². The van der Waals surface area contributed by atoms with E-state index in [4.69, 9.17) is 16.3 Å². The van der Waals surface area contributed by atoms with Crippen LogP contribution in [0.25, 0.3) is 0 Å². The molecule has 0 saturated heterocycles. The number of aryl methyl sites for hydroxylation is 1. The lowest BCUT2D eigenvalue weighted by molar-refractivity contribution is -0.139. The highest BCUT2D eigenvalue weighted by Gasteiger charge is 2.14. The van der Waals surface area contributed by atoms with Crippen molar-refractivity contribution in [1.82, 2.24) is 10.7 Å². The van der Waals surface area contributed by atoms with Crippen LogP contribution in [0.3, 0.4) is 0 Å². The molecule has 0 spiro atoms. The molecular formula is C22H24BrClN4O4. The molecule has 0 aliphatic rings. The van der Waals surface area contributed by atoms with Crippen molar-refractivity contribution in [1.29, 1.82) is 0 Å². The smallest absolute Gasteiger partial charge is 0.329 e. The normalized spacial score (nSPS) is 11.7. The first kappa shape index (κ1) is 25.4. The molecule has 2 aromatic rings. The van der Waals surface area contributed by atoms with Crippen LogP contribution in [-0.4, -0.2) is 36.6 Å². The topological polar surface area (TPSA) is 109 Å². The van der Waals surface area contributed by atoms with Crippen LogP contribution in [-0.2, 0) is 14.4 Å². The fourth-order valence-corrected chi connectivity index (χ4v) is 3.11. The summed E-state index contributed by atoms with van der Waals surface area (Å²) in [6.45, 7) is 5.31. The zero-order valence-electron chi connectivity index (χ0n) is 17.9. The third-order valence-electron chi connectivity index (χ3n) is 4.36. The summed E-state index contributed by atoms with van der Waals surface area (Å²) in [5, 5.41) is 9.52. The quantitative estimate of drug-likeness (QED) is 0.278. The van der Waals surface area contributed by atoms with Crippen molar-refractivity contribution in [2.75, 3.05) is 11.9 Å². The molecule has 0 unspecified atom stereocenters. The average molecular weight is 524 g/mol. The summed E-state index contributed by atoms with van der Waals surface area (Å²) in [4.78, 5) is 35.9. The van der Waals surface area contributed by atoms with Crippen LogP contribution in [0.2, 0.25) is 5.02 Å². The molecule has 8 nitrogen and oxygen atoms in total. The first-order chi connectivity index (χ1) is 15.2. The van der Waals surface area contributed by atoms with Gasteiger partial charge in [0.25, 0.3) is 5.91 Å². The number of halogens is 2. The molecule has 32 heavy (non-hydrogen) atoms. The van der Waals surface area contributed by atoms with E-state index in [2.05, 4.69) is 37.1 Å². The van der Waals surface area contributed by atoms with Crippen molar-refractivity contribution in [3.63, 3.8) is 0 Å². The predicted molar refractivity (Wildman–Crippen MR) is 128 cm³/mol. The third-order valence-corrected chi connectivity index (χ3v) is 5.09. The zero-order valence-corrected chi connectivity index (χ0v) is 20.2. The Morgan fingerprint density at radius 1 is 1.19 bits per heavy atom. The number of carbonyl (C=O) groups is 3. The SMILES string of the molecule is CC[C@@H](C)NC(=O)C(=O)N/N=C\c1cc(Cl)ccc1OCC(=O)Nc1ccc(Br)cc1C. The number of benzene rings is 2. The van der Waals surface area contributed by atoms with E-state index in [9.17, 15) is 14.4 Å². The Balaban J connectivity index is 1.98. The van der Waals surface area contributed by atoms with E-state index in [0.717, 1.165) is 10.0 Å². The maximum absolute atomic E-state index is 12.3. The minimum absolute atomic E-state index is 0.127. The summed E-state index contributed by atoms with van der Waals surface area (Å²) in [7, 11) is 0. The molecule has 0 heterocycles. The van der Waals surface area contributed by atoms with Crippen molar-refractivity contribution in [2.24, 2.45) is 5.10 Å². The van der Waals surface area contributed by atoms with Gasteiger partial charge in [0.05, 0.1) is 6.21 Å². The number of nitrogens with zero attached hydrogens (tertiary/aromatic N) is 1. The maximum Gasteiger partial charge on any atom is 0.329 e. The number of nitrogens with one attached hydrogen (secondary N) is 3. The highest BCUT2D eigenvalue weighted by atomic mass is 79.9. The highest BCUT2D eigenvalue weighted by molar-refractivity contribution is 9.10. The number of ether oxygens (including phenoxy) is 1. The molecule has 0 aromatic heterocycles. The molecule has 3 N–H and O–H groups in total. The molecule has 170 valence electrons. The molecule has 0 bridgehead atoms. The van der Waals surface area contributed by atoms with Gasteiger partial charge in [-0.25, -0.2) is 5.43 Å². The van der Waals surface area contributed by atoms with E-state index in [1.807, 2.05) is 26.0 Å². The number of hydrogen-bond donors (Lipinski definition) is 3. The Labute approximate surface area is 199 Å². The van der Waals surface area contributed by atoms with Gasteiger partial charge in [0.15, 0.2) is 6.61 Å². The van der Waals surface area contributed by atoms with E-state index in [0.29, 0.717) is 28.4 Å². The number of hydrazone groups is 1. The van der Waals surface area contributed by atoms with Gasteiger partial charge in [-0.05, 0) is 62.2 Å². The number of carbonyl (C=O) groups excluding carboxylic acids is 3. The fourth-order valence-electron chi connectivity index (χ4n) is 2.45. The Bertz CT molecular complexity index is 1030. The van der Waals surface area contributed by atoms with Gasteiger partial charge in [-0.1, -0.05) is 34.5 Å². The summed E-state index contributed by atoms with van der Waals surface area (Å²) in [6, 6.07) is 10.1. The van der Waals surface area contributed by atoms with Gasteiger partial charge in [0, 0.05) is 26.8 Å². The number of anilines is 1. The Morgan fingerprint density at radius 3 is 2.62 bits per heavy atom. The lowest BCUT2D eigenvalue weighted by Crippen LogP contribution is -2.41. The number of hydrogen-bond acceptors (Lipinski definition) is 5. The summed E-state index contributed by atoms with van der Waals surface area (Å²) >= 11 is 9.41. The largest absolute Gasteiger partial charge is 0.483 e. The summed E-state index contributed by atoms with van der Waals surface area (Å²) in [5.74, 6) is -1.68. The standard InChI is InChI=1S/C22H24BrClN4O4/c1-4-14(3)26-21(30)22(31)28-25-11-15-10-17(24)6-8-19(15)32-12-20(29)27-18-7-5-16(23)9-13(18)2/h5-11,14H,4,12H2,1-3H3,(H,26,30)(H,27,29)(H,28,31)/b25-11-/t14-/m1/s1. The molecule has 0 fully saturated rings. The van der Waals surface area contributed by atoms with Crippen molar-refractivity contribution in [3.8, 4) is 5.75 Å². The van der Waals surface area contributed by atoms with Gasteiger partial charge in [-0.15, -0.1) is 0 Å². The van der Waals surface area contributed by atoms with Crippen LogP contribution in [0.4, 0.5) is 5.69 Å². The molecule has 0 radical (unpaired) electrons. The molecule has 3 amide bonds. The summed E-state index contributed by atoms with van der Waals surface area (Å²) < 4.78 is 6.51. The van der Waals surface area contributed by atoms with E-state index in [1.54, 1.807) is 31.2 Å². The van der Waals surface area contributed by atoms with Crippen LogP contribution in [0.5, 0.6) is 5.75 Å². The molecule has 2 aromatic carbocycles. The first-order valence-electron chi connectivity index (χ1n) is 9.81. The first-order valence-corrected chi connectivity index (χ1v) is 11.0. The lowest BCUT2D eigenvalue weighted by atomic mass is 10.2. The van der Waals surface area contributed by atoms with E-state index >= 15 is 0 Å². The molecule has 10 heteroatoms. The van der Waals surface area contributed by atoms with Gasteiger partial charge in [-0.3, -0.25) is 14.4 Å². The third kappa shape index (κ3) is 7.97. The van der Waals surface area contributed by atoms with Gasteiger partial charge in [-0.2, -0.15) is 5.10 Å². The lowest BCUT2D eigenvalue weighted by Gasteiger charge is -2.12. The van der Waals surface area contributed by atoms with E-state index in [-0.39, 0.29) is 18.6 Å². The summed E-state index contributed by atoms with van der Waals surface area (Å²) in [5.41, 5.74) is 4.16. The van der Waals surface area contributed by atoms with Crippen LogP contribution >= 0.6 is 27.5 Å². The molecule has 2 rings (SSSR count). The Hall–Kier alpha value is -2.91. The van der Waals surface area contributed by atoms with E-state index in [1.165, 1.54) is 6.21 Å². The second kappa shape index (κ2) is 12.2. The van der Waals surface area contributed by atoms with Gasteiger partial charge in [0.2, 0.25) is 0 Å². The fraction of sp³-hybridized carbons (Fsp3) is 0.273. The van der Waals surface area contributed by atoms with Crippen LogP contribution in [0.1, 0.15) is 31.4 Å². The molecule has 1 atom stereocenters.